The summed E-state index contributed by atoms with van der Waals surface area (Å²) < 4.78 is 0. The van der Waals surface area contributed by atoms with E-state index in [1.807, 2.05) is 0 Å². The lowest BCUT2D eigenvalue weighted by molar-refractivity contribution is 0.102. The Morgan fingerprint density at radius 3 is 2.70 bits per heavy atom. The first-order valence-electron chi connectivity index (χ1n) is 5.89. The molecule has 0 aliphatic carbocycles. The van der Waals surface area contributed by atoms with Crippen LogP contribution in [0, 0.1) is 0 Å². The molecule has 1 aromatic carbocycles. The summed E-state index contributed by atoms with van der Waals surface area (Å²) in [5.41, 5.74) is 1.81. The summed E-state index contributed by atoms with van der Waals surface area (Å²) in [6, 6.07) is 9.65. The molecule has 0 radical (unpaired) electrons. The Bertz CT molecular complexity index is 699. The summed E-state index contributed by atoms with van der Waals surface area (Å²) in [5.74, 6) is -0.336. The quantitative estimate of drug-likeness (QED) is 0.451. The first-order chi connectivity index (χ1) is 9.60. The van der Waals surface area contributed by atoms with Crippen LogP contribution in [0.1, 0.15) is 22.8 Å². The van der Waals surface area contributed by atoms with Gasteiger partial charge in [-0.1, -0.05) is 17.3 Å². The lowest BCUT2D eigenvalue weighted by Crippen LogP contribution is -2.14. The van der Waals surface area contributed by atoms with E-state index in [1.54, 1.807) is 31.2 Å². The van der Waals surface area contributed by atoms with E-state index in [4.69, 9.17) is 5.21 Å². The van der Waals surface area contributed by atoms with Gasteiger partial charge in [0.1, 0.15) is 0 Å². The van der Waals surface area contributed by atoms with Gasteiger partial charge >= 0.3 is 0 Å². The van der Waals surface area contributed by atoms with Gasteiger partial charge in [-0.05, 0) is 25.1 Å². The van der Waals surface area contributed by atoms with E-state index >= 15 is 0 Å². The second kappa shape index (κ2) is 5.83. The number of carbonyl (C=O) groups is 1. The summed E-state index contributed by atoms with van der Waals surface area (Å²) >= 11 is 0. The summed E-state index contributed by atoms with van der Waals surface area (Å²) in [4.78, 5) is 25.3. The number of benzene rings is 1. The molecule has 6 heteroatoms. The highest BCUT2D eigenvalue weighted by Crippen LogP contribution is 2.12. The molecule has 102 valence electrons. The lowest BCUT2D eigenvalue weighted by atomic mass is 10.1. The van der Waals surface area contributed by atoms with Gasteiger partial charge in [-0.25, -0.2) is 0 Å². The van der Waals surface area contributed by atoms with Gasteiger partial charge in [-0.15, -0.1) is 0 Å². The molecule has 6 nitrogen and oxygen atoms in total. The number of H-pyrrole nitrogens is 1. The first-order valence-corrected chi connectivity index (χ1v) is 5.89. The second-order valence-electron chi connectivity index (χ2n) is 4.16. The van der Waals surface area contributed by atoms with Crippen molar-refractivity contribution in [2.24, 2.45) is 5.16 Å². The minimum atomic E-state index is -0.336. The minimum Gasteiger partial charge on any atom is -0.411 e. The van der Waals surface area contributed by atoms with Crippen molar-refractivity contribution in [3.8, 4) is 0 Å². The molecule has 20 heavy (non-hydrogen) atoms. The van der Waals surface area contributed by atoms with Crippen LogP contribution in [0.5, 0.6) is 0 Å². The van der Waals surface area contributed by atoms with Crippen molar-refractivity contribution < 1.29 is 10.0 Å². The van der Waals surface area contributed by atoms with Crippen LogP contribution >= 0.6 is 0 Å². The molecule has 0 aliphatic heterocycles. The number of hydrogen-bond donors (Lipinski definition) is 3. The molecule has 1 amide bonds. The number of oxime groups is 1. The predicted molar refractivity (Wildman–Crippen MR) is 75.5 cm³/mol. The maximum absolute atomic E-state index is 12.0. The van der Waals surface area contributed by atoms with Crippen molar-refractivity contribution in [2.45, 2.75) is 6.92 Å². The number of carbonyl (C=O) groups excluding carboxylic acids is 1. The Labute approximate surface area is 114 Å². The molecule has 0 saturated carbocycles. The normalized spacial score (nSPS) is 11.2. The summed E-state index contributed by atoms with van der Waals surface area (Å²) in [6.07, 6.45) is 1.35. The molecule has 0 unspecified atom stereocenters. The average Bonchev–Trinajstić information content (AvgIpc) is 2.47. The van der Waals surface area contributed by atoms with E-state index in [1.165, 1.54) is 18.3 Å². The van der Waals surface area contributed by atoms with Gasteiger partial charge in [0.2, 0.25) is 5.56 Å². The maximum atomic E-state index is 12.0. The van der Waals surface area contributed by atoms with Crippen LogP contribution in [-0.2, 0) is 0 Å². The highest BCUT2D eigenvalue weighted by Gasteiger charge is 2.07. The van der Waals surface area contributed by atoms with Gasteiger partial charge in [-0.2, -0.15) is 0 Å². The topological polar surface area (TPSA) is 94.6 Å². The van der Waals surface area contributed by atoms with E-state index in [2.05, 4.69) is 15.5 Å². The van der Waals surface area contributed by atoms with Gasteiger partial charge in [0.05, 0.1) is 11.3 Å². The van der Waals surface area contributed by atoms with Crippen LogP contribution < -0.4 is 10.9 Å². The van der Waals surface area contributed by atoms with E-state index < -0.39 is 0 Å². The Balaban J connectivity index is 2.19. The Morgan fingerprint density at radius 1 is 1.25 bits per heavy atom. The Kier molecular flexibility index (Phi) is 3.95. The third kappa shape index (κ3) is 3.11. The Morgan fingerprint density at radius 2 is 2.05 bits per heavy atom. The number of nitrogens with zero attached hydrogens (tertiary/aromatic N) is 1. The van der Waals surface area contributed by atoms with Crippen LogP contribution in [-0.4, -0.2) is 21.8 Å². The van der Waals surface area contributed by atoms with Crippen LogP contribution in [0.2, 0.25) is 0 Å². The predicted octanol–water partition coefficient (Wildman–Crippen LogP) is 1.83. The van der Waals surface area contributed by atoms with Crippen LogP contribution in [0.4, 0.5) is 5.69 Å². The molecular formula is C14H13N3O3. The van der Waals surface area contributed by atoms with E-state index in [0.717, 1.165) is 0 Å². The fraction of sp³-hybridized carbons (Fsp3) is 0.0714. The highest BCUT2D eigenvalue weighted by atomic mass is 16.4. The van der Waals surface area contributed by atoms with Gasteiger partial charge < -0.3 is 15.5 Å². The van der Waals surface area contributed by atoms with Gasteiger partial charge in [0.15, 0.2) is 0 Å². The fourth-order valence-corrected chi connectivity index (χ4v) is 1.63. The van der Waals surface area contributed by atoms with Crippen molar-refractivity contribution in [3.63, 3.8) is 0 Å². The number of rotatable bonds is 3. The number of aromatic nitrogens is 1. The number of hydrogen-bond acceptors (Lipinski definition) is 4. The molecule has 0 saturated heterocycles. The third-order valence-electron chi connectivity index (χ3n) is 2.73. The van der Waals surface area contributed by atoms with Crippen molar-refractivity contribution in [2.75, 3.05) is 5.32 Å². The monoisotopic (exact) mass is 271 g/mol. The first kappa shape index (κ1) is 13.5. The number of anilines is 1. The van der Waals surface area contributed by atoms with Crippen molar-refractivity contribution in [1.29, 1.82) is 0 Å². The third-order valence-corrected chi connectivity index (χ3v) is 2.73. The zero-order valence-electron chi connectivity index (χ0n) is 10.8. The molecule has 1 aromatic heterocycles. The summed E-state index contributed by atoms with van der Waals surface area (Å²) in [6.45, 7) is 1.66. The standard InChI is InChI=1S/C14H13N3O3/c1-9(17-20)10-3-2-4-12(7-10)16-14(19)11-5-6-13(18)15-8-11/h2-8,20H,1H3,(H,15,18)(H,16,19)/b17-9-. The molecule has 0 bridgehead atoms. The number of nitrogens with one attached hydrogen (secondary N) is 2. The summed E-state index contributed by atoms with van der Waals surface area (Å²) in [7, 11) is 0. The average molecular weight is 271 g/mol. The van der Waals surface area contributed by atoms with Crippen LogP contribution in [0.3, 0.4) is 0 Å². The van der Waals surface area contributed by atoms with Gasteiger partial charge in [0, 0.05) is 23.5 Å². The van der Waals surface area contributed by atoms with Gasteiger partial charge in [0.25, 0.3) is 5.91 Å². The van der Waals surface area contributed by atoms with Crippen LogP contribution in [0.25, 0.3) is 0 Å². The molecule has 2 rings (SSSR count). The zero-order chi connectivity index (χ0) is 14.5. The molecular weight excluding hydrogens is 258 g/mol. The Hall–Kier alpha value is -2.89. The van der Waals surface area contributed by atoms with Crippen molar-refractivity contribution in [1.82, 2.24) is 4.98 Å². The number of amides is 1. The zero-order valence-corrected chi connectivity index (χ0v) is 10.8. The molecule has 0 spiro atoms. The van der Waals surface area contributed by atoms with Crippen LogP contribution in [0.15, 0.2) is 52.5 Å². The summed E-state index contributed by atoms with van der Waals surface area (Å²) in [5, 5.41) is 14.5. The van der Waals surface area contributed by atoms with Crippen molar-refractivity contribution >= 4 is 17.3 Å². The molecule has 2 aromatic rings. The molecule has 1 heterocycles. The maximum Gasteiger partial charge on any atom is 0.257 e. The molecule has 0 atom stereocenters. The van der Waals surface area contributed by atoms with E-state index in [9.17, 15) is 9.59 Å². The lowest BCUT2D eigenvalue weighted by Gasteiger charge is -2.06. The highest BCUT2D eigenvalue weighted by molar-refractivity contribution is 6.05. The van der Waals surface area contributed by atoms with E-state index in [0.29, 0.717) is 22.5 Å². The smallest absolute Gasteiger partial charge is 0.257 e. The number of pyridine rings is 1. The fourth-order valence-electron chi connectivity index (χ4n) is 1.63. The molecule has 0 aliphatic rings. The van der Waals surface area contributed by atoms with E-state index in [-0.39, 0.29) is 11.5 Å². The number of aromatic amines is 1. The SMILES string of the molecule is C/C(=N/O)c1cccc(NC(=O)c2ccc(=O)[nH]c2)c1. The van der Waals surface area contributed by atoms with Gasteiger partial charge in [-0.3, -0.25) is 9.59 Å². The minimum absolute atomic E-state index is 0.265. The van der Waals surface area contributed by atoms with Crippen molar-refractivity contribution in [3.05, 3.63) is 64.1 Å². The molecule has 3 N–H and O–H groups in total. The second-order valence-corrected chi connectivity index (χ2v) is 4.16. The largest absolute Gasteiger partial charge is 0.411 e. The molecule has 0 fully saturated rings.